The molecule has 2 fully saturated rings. The fourth-order valence-electron chi connectivity index (χ4n) is 3.88. The molecule has 2 heterocycles. The highest BCUT2D eigenvalue weighted by molar-refractivity contribution is 6.31. The second-order valence-corrected chi connectivity index (χ2v) is 7.60. The van der Waals surface area contributed by atoms with Crippen LogP contribution in [0.2, 0.25) is 5.02 Å². The molecule has 0 radical (unpaired) electrons. The fraction of sp³-hybridized carbons (Fsp3) is 0.381. The smallest absolute Gasteiger partial charge is 0.227 e. The second-order valence-electron chi connectivity index (χ2n) is 7.19. The van der Waals surface area contributed by atoms with Gasteiger partial charge >= 0.3 is 0 Å². The molecule has 2 aromatic rings. The van der Waals surface area contributed by atoms with Gasteiger partial charge in [0.25, 0.3) is 0 Å². The average molecular weight is 385 g/mol. The first-order valence-corrected chi connectivity index (χ1v) is 9.90. The maximum Gasteiger partial charge on any atom is 0.227 e. The maximum absolute atomic E-state index is 12.6. The summed E-state index contributed by atoms with van der Waals surface area (Å²) in [7, 11) is 0. The van der Waals surface area contributed by atoms with Gasteiger partial charge in [0, 0.05) is 37.2 Å². The van der Waals surface area contributed by atoms with Crippen molar-refractivity contribution in [2.45, 2.75) is 25.0 Å². The minimum Gasteiger partial charge on any atom is -0.340 e. The first kappa shape index (κ1) is 18.4. The van der Waals surface area contributed by atoms with Crippen molar-refractivity contribution in [1.29, 1.82) is 0 Å². The van der Waals surface area contributed by atoms with Gasteiger partial charge in [-0.1, -0.05) is 60.1 Å². The summed E-state index contributed by atoms with van der Waals surface area (Å²) in [5.74, 6) is 0.155. The highest BCUT2D eigenvalue weighted by atomic mass is 35.5. The molecule has 4 rings (SSSR count). The quantitative estimate of drug-likeness (QED) is 0.850. The zero-order valence-corrected chi connectivity index (χ0v) is 16.0. The van der Waals surface area contributed by atoms with Gasteiger partial charge in [-0.15, -0.1) is 0 Å². The second kappa shape index (κ2) is 8.40. The number of carbonyl (C=O) groups excluding carboxylic acids is 1. The van der Waals surface area contributed by atoms with Crippen molar-refractivity contribution >= 4 is 17.5 Å². The van der Waals surface area contributed by atoms with Crippen molar-refractivity contribution < 1.29 is 4.79 Å². The van der Waals surface area contributed by atoms with Crippen molar-refractivity contribution in [3.63, 3.8) is 0 Å². The Labute approximate surface area is 165 Å². The van der Waals surface area contributed by atoms with Crippen LogP contribution in [0.4, 0.5) is 0 Å². The molecule has 2 saturated heterocycles. The van der Waals surface area contributed by atoms with Gasteiger partial charge in [-0.25, -0.2) is 10.9 Å². The van der Waals surface area contributed by atoms with Crippen LogP contribution < -0.4 is 10.9 Å². The lowest BCUT2D eigenvalue weighted by atomic mass is 10.0. The Morgan fingerprint density at radius 1 is 0.963 bits per heavy atom. The van der Waals surface area contributed by atoms with Gasteiger partial charge in [-0.3, -0.25) is 9.69 Å². The molecule has 0 spiro atoms. The summed E-state index contributed by atoms with van der Waals surface area (Å²) < 4.78 is 0. The minimum atomic E-state index is 0.155. The topological polar surface area (TPSA) is 47.6 Å². The molecule has 2 aliphatic heterocycles. The fourth-order valence-corrected chi connectivity index (χ4v) is 4.09. The highest BCUT2D eigenvalue weighted by Crippen LogP contribution is 2.24. The summed E-state index contributed by atoms with van der Waals surface area (Å²) in [4.78, 5) is 17.0. The molecule has 0 saturated carbocycles. The SMILES string of the molecule is O=C(Cc1ccccc1Cl)N1CCN(C2CC(c3ccccc3)NN2)CC1. The number of halogens is 1. The predicted molar refractivity (Wildman–Crippen MR) is 107 cm³/mol. The van der Waals surface area contributed by atoms with Crippen LogP contribution in [-0.2, 0) is 11.2 Å². The normalized spacial score (nSPS) is 23.5. The molecular weight excluding hydrogens is 360 g/mol. The lowest BCUT2D eigenvalue weighted by Gasteiger charge is -2.37. The number of carbonyl (C=O) groups is 1. The van der Waals surface area contributed by atoms with Crippen molar-refractivity contribution in [3.8, 4) is 0 Å². The van der Waals surface area contributed by atoms with Gasteiger partial charge in [0.1, 0.15) is 0 Å². The number of rotatable bonds is 4. The first-order valence-electron chi connectivity index (χ1n) is 9.52. The monoisotopic (exact) mass is 384 g/mol. The van der Waals surface area contributed by atoms with E-state index in [0.29, 0.717) is 23.7 Å². The molecule has 6 heteroatoms. The lowest BCUT2D eigenvalue weighted by molar-refractivity contribution is -0.132. The van der Waals surface area contributed by atoms with Crippen LogP contribution in [0, 0.1) is 0 Å². The number of hydrazine groups is 1. The van der Waals surface area contributed by atoms with Gasteiger partial charge in [0.05, 0.1) is 12.6 Å². The number of benzene rings is 2. The molecule has 0 aliphatic carbocycles. The predicted octanol–water partition coefficient (Wildman–Crippen LogP) is 2.59. The molecule has 2 aromatic carbocycles. The lowest BCUT2D eigenvalue weighted by Crippen LogP contribution is -2.55. The number of nitrogens with one attached hydrogen (secondary N) is 2. The van der Waals surface area contributed by atoms with Crippen LogP contribution in [0.5, 0.6) is 0 Å². The Morgan fingerprint density at radius 3 is 2.41 bits per heavy atom. The third kappa shape index (κ3) is 4.33. The van der Waals surface area contributed by atoms with E-state index in [4.69, 9.17) is 11.6 Å². The molecule has 5 nitrogen and oxygen atoms in total. The van der Waals surface area contributed by atoms with Gasteiger partial charge in [-0.05, 0) is 23.6 Å². The average Bonchev–Trinajstić information content (AvgIpc) is 3.21. The molecular formula is C21H25ClN4O. The number of nitrogens with zero attached hydrogens (tertiary/aromatic N) is 2. The molecule has 2 N–H and O–H groups in total. The number of hydrogen-bond acceptors (Lipinski definition) is 4. The van der Waals surface area contributed by atoms with Crippen molar-refractivity contribution in [2.75, 3.05) is 26.2 Å². The molecule has 0 bridgehead atoms. The van der Waals surface area contributed by atoms with E-state index in [1.807, 2.05) is 35.2 Å². The van der Waals surface area contributed by atoms with E-state index < -0.39 is 0 Å². The summed E-state index contributed by atoms with van der Waals surface area (Å²) in [5.41, 5.74) is 9.04. The van der Waals surface area contributed by atoms with Gasteiger partial charge in [0.15, 0.2) is 0 Å². The summed E-state index contributed by atoms with van der Waals surface area (Å²) in [6.45, 7) is 3.29. The van der Waals surface area contributed by atoms with E-state index in [1.165, 1.54) is 5.56 Å². The van der Waals surface area contributed by atoms with Crippen LogP contribution in [0.25, 0.3) is 0 Å². The van der Waals surface area contributed by atoms with E-state index >= 15 is 0 Å². The molecule has 2 unspecified atom stereocenters. The summed E-state index contributed by atoms with van der Waals surface area (Å²) in [6.07, 6.45) is 1.70. The van der Waals surface area contributed by atoms with E-state index in [9.17, 15) is 4.79 Å². The summed E-state index contributed by atoms with van der Waals surface area (Å²) in [6, 6.07) is 18.4. The van der Waals surface area contributed by atoms with Crippen LogP contribution >= 0.6 is 11.6 Å². The van der Waals surface area contributed by atoms with Crippen LogP contribution in [0.1, 0.15) is 23.6 Å². The van der Waals surface area contributed by atoms with Crippen molar-refractivity contribution in [1.82, 2.24) is 20.7 Å². The first-order chi connectivity index (χ1) is 13.2. The molecule has 2 aliphatic rings. The van der Waals surface area contributed by atoms with E-state index in [-0.39, 0.29) is 5.91 Å². The largest absolute Gasteiger partial charge is 0.340 e. The molecule has 2 atom stereocenters. The number of piperazine rings is 1. The maximum atomic E-state index is 12.6. The molecule has 142 valence electrons. The van der Waals surface area contributed by atoms with Gasteiger partial charge < -0.3 is 4.90 Å². The Kier molecular flexibility index (Phi) is 5.74. The molecule has 1 amide bonds. The van der Waals surface area contributed by atoms with Crippen molar-refractivity contribution in [3.05, 3.63) is 70.7 Å². The third-order valence-corrected chi connectivity index (χ3v) is 5.86. The Morgan fingerprint density at radius 2 is 1.67 bits per heavy atom. The minimum absolute atomic E-state index is 0.155. The van der Waals surface area contributed by atoms with Crippen LogP contribution in [-0.4, -0.2) is 48.1 Å². The van der Waals surface area contributed by atoms with E-state index in [1.54, 1.807) is 0 Å². The van der Waals surface area contributed by atoms with Gasteiger partial charge in [-0.2, -0.15) is 0 Å². The Bertz CT molecular complexity index is 777. The van der Waals surface area contributed by atoms with E-state index in [2.05, 4.69) is 40.0 Å². The van der Waals surface area contributed by atoms with Gasteiger partial charge in [0.2, 0.25) is 5.91 Å². The summed E-state index contributed by atoms with van der Waals surface area (Å²) in [5, 5.41) is 0.665. The molecule has 27 heavy (non-hydrogen) atoms. The van der Waals surface area contributed by atoms with Crippen LogP contribution in [0.3, 0.4) is 0 Å². The van der Waals surface area contributed by atoms with Crippen LogP contribution in [0.15, 0.2) is 54.6 Å². The Balaban J connectivity index is 1.28. The summed E-state index contributed by atoms with van der Waals surface area (Å²) >= 11 is 6.19. The standard InChI is InChI=1S/C21H25ClN4O/c22-18-9-5-4-8-17(18)14-21(27)26-12-10-25(11-13-26)20-15-19(23-24-20)16-6-2-1-3-7-16/h1-9,19-20,23-24H,10-15H2. The number of amides is 1. The van der Waals surface area contributed by atoms with E-state index in [0.717, 1.165) is 38.2 Å². The third-order valence-electron chi connectivity index (χ3n) is 5.49. The highest BCUT2D eigenvalue weighted by Gasteiger charge is 2.32. The number of hydrogen-bond donors (Lipinski definition) is 2. The Hall–Kier alpha value is -1.92. The molecule has 0 aromatic heterocycles. The van der Waals surface area contributed by atoms with Crippen molar-refractivity contribution in [2.24, 2.45) is 0 Å². The zero-order chi connectivity index (χ0) is 18.6. The zero-order valence-electron chi connectivity index (χ0n) is 15.3.